The quantitative estimate of drug-likeness (QED) is 0.690. The molecule has 1 rings (SSSR count). The number of β-amino-alcohol motifs (C(OH)–C–C–N with tert-alkyl or cyclic N) is 1. The van der Waals surface area contributed by atoms with Gasteiger partial charge in [0.2, 0.25) is 0 Å². The third-order valence-corrected chi connectivity index (χ3v) is 3.01. The Balaban J connectivity index is 2.39. The molecule has 80 valence electrons. The molecule has 0 saturated heterocycles. The minimum absolute atomic E-state index is 0.0597. The number of nitrogens with one attached hydrogen (secondary N) is 1. The molecule has 0 fully saturated rings. The molecule has 1 unspecified atom stereocenters. The zero-order valence-electron chi connectivity index (χ0n) is 8.53. The first-order valence-corrected chi connectivity index (χ1v) is 5.50. The third kappa shape index (κ3) is 3.38. The van der Waals surface area contributed by atoms with Crippen LogP contribution in [0.4, 0.5) is 0 Å². The summed E-state index contributed by atoms with van der Waals surface area (Å²) in [5.74, 6) is 0. The largest absolute Gasteiger partial charge is 0.394 e. The lowest BCUT2D eigenvalue weighted by atomic mass is 10.1. The number of aliphatic hydroxyl groups excluding tert-OH is 2. The van der Waals surface area contributed by atoms with Crippen LogP contribution < -0.4 is 5.32 Å². The second-order valence-electron chi connectivity index (χ2n) is 3.95. The smallest absolute Gasteiger partial charge is 0.101 e. The summed E-state index contributed by atoms with van der Waals surface area (Å²) in [6.07, 6.45) is -0.485. The molecule has 14 heavy (non-hydrogen) atoms. The summed E-state index contributed by atoms with van der Waals surface area (Å²) in [5.41, 5.74) is -0.335. The molecule has 4 heteroatoms. The van der Waals surface area contributed by atoms with Crippen molar-refractivity contribution >= 4 is 11.3 Å². The fourth-order valence-corrected chi connectivity index (χ4v) is 1.72. The zero-order valence-corrected chi connectivity index (χ0v) is 9.34. The van der Waals surface area contributed by atoms with Crippen LogP contribution in [-0.4, -0.2) is 28.9 Å². The van der Waals surface area contributed by atoms with Crippen molar-refractivity contribution < 1.29 is 10.2 Å². The van der Waals surface area contributed by atoms with Gasteiger partial charge in [0, 0.05) is 17.0 Å². The van der Waals surface area contributed by atoms with Gasteiger partial charge in [-0.05, 0) is 25.3 Å². The van der Waals surface area contributed by atoms with Crippen molar-refractivity contribution in [3.05, 3.63) is 22.4 Å². The molecule has 0 saturated carbocycles. The normalized spacial score (nSPS) is 14.3. The second kappa shape index (κ2) is 4.89. The lowest BCUT2D eigenvalue weighted by molar-refractivity contribution is 0.138. The van der Waals surface area contributed by atoms with Gasteiger partial charge in [0.15, 0.2) is 0 Å². The van der Waals surface area contributed by atoms with E-state index in [0.717, 1.165) is 4.88 Å². The molecule has 0 amide bonds. The first-order valence-electron chi connectivity index (χ1n) is 4.62. The third-order valence-electron chi connectivity index (χ3n) is 2.04. The predicted octanol–water partition coefficient (Wildman–Crippen LogP) is 1.14. The van der Waals surface area contributed by atoms with E-state index in [1.165, 1.54) is 11.3 Å². The Morgan fingerprint density at radius 1 is 1.57 bits per heavy atom. The number of hydrogen-bond acceptors (Lipinski definition) is 4. The van der Waals surface area contributed by atoms with Crippen molar-refractivity contribution in [1.29, 1.82) is 0 Å². The summed E-state index contributed by atoms with van der Waals surface area (Å²) in [5, 5.41) is 23.8. The Bertz CT molecular complexity index is 259. The van der Waals surface area contributed by atoms with Crippen molar-refractivity contribution in [2.75, 3.05) is 13.2 Å². The Labute approximate surface area is 88.4 Å². The topological polar surface area (TPSA) is 52.5 Å². The van der Waals surface area contributed by atoms with E-state index in [2.05, 4.69) is 5.32 Å². The van der Waals surface area contributed by atoms with Crippen molar-refractivity contribution in [2.24, 2.45) is 0 Å². The molecule has 1 aromatic rings. The van der Waals surface area contributed by atoms with E-state index in [1.807, 2.05) is 31.4 Å². The highest BCUT2D eigenvalue weighted by Crippen LogP contribution is 2.18. The van der Waals surface area contributed by atoms with Gasteiger partial charge in [0.25, 0.3) is 0 Å². The summed E-state index contributed by atoms with van der Waals surface area (Å²) >= 11 is 1.54. The SMILES string of the molecule is CC(C)(CO)NCC(O)c1cccs1. The van der Waals surface area contributed by atoms with Crippen molar-refractivity contribution in [3.8, 4) is 0 Å². The fourth-order valence-electron chi connectivity index (χ4n) is 1.01. The van der Waals surface area contributed by atoms with Gasteiger partial charge in [0.1, 0.15) is 6.10 Å². The van der Waals surface area contributed by atoms with E-state index < -0.39 is 6.10 Å². The van der Waals surface area contributed by atoms with Gasteiger partial charge in [0.05, 0.1) is 6.61 Å². The number of thiophene rings is 1. The van der Waals surface area contributed by atoms with Gasteiger partial charge in [-0.25, -0.2) is 0 Å². The highest BCUT2D eigenvalue weighted by molar-refractivity contribution is 7.10. The Morgan fingerprint density at radius 3 is 2.79 bits per heavy atom. The minimum Gasteiger partial charge on any atom is -0.394 e. The molecule has 0 aliphatic rings. The van der Waals surface area contributed by atoms with Gasteiger partial charge in [-0.3, -0.25) is 0 Å². The van der Waals surface area contributed by atoms with E-state index in [4.69, 9.17) is 5.11 Å². The first-order chi connectivity index (χ1) is 6.55. The molecule has 1 atom stereocenters. The molecular formula is C10H17NO2S. The molecule has 1 aromatic heterocycles. The monoisotopic (exact) mass is 215 g/mol. The highest BCUT2D eigenvalue weighted by Gasteiger charge is 2.17. The van der Waals surface area contributed by atoms with Gasteiger partial charge in [-0.2, -0.15) is 0 Å². The van der Waals surface area contributed by atoms with Gasteiger partial charge in [-0.1, -0.05) is 6.07 Å². The van der Waals surface area contributed by atoms with E-state index >= 15 is 0 Å². The van der Waals surface area contributed by atoms with Crippen LogP contribution in [0.2, 0.25) is 0 Å². The van der Waals surface area contributed by atoms with Gasteiger partial charge < -0.3 is 15.5 Å². The van der Waals surface area contributed by atoms with Crippen molar-refractivity contribution in [2.45, 2.75) is 25.5 Å². The van der Waals surface area contributed by atoms with Crippen LogP contribution in [0.1, 0.15) is 24.8 Å². The van der Waals surface area contributed by atoms with Crippen LogP contribution in [0.15, 0.2) is 17.5 Å². The van der Waals surface area contributed by atoms with E-state index in [0.29, 0.717) is 6.54 Å². The maximum Gasteiger partial charge on any atom is 0.101 e. The Hall–Kier alpha value is -0.420. The van der Waals surface area contributed by atoms with Gasteiger partial charge >= 0.3 is 0 Å². The lowest BCUT2D eigenvalue weighted by Crippen LogP contribution is -2.44. The molecule has 0 aliphatic heterocycles. The summed E-state index contributed by atoms with van der Waals surface area (Å²) in [6.45, 7) is 4.32. The molecule has 0 spiro atoms. The molecule has 0 aliphatic carbocycles. The lowest BCUT2D eigenvalue weighted by Gasteiger charge is -2.24. The minimum atomic E-state index is -0.485. The van der Waals surface area contributed by atoms with E-state index in [9.17, 15) is 5.11 Å². The van der Waals surface area contributed by atoms with Crippen molar-refractivity contribution in [3.63, 3.8) is 0 Å². The zero-order chi connectivity index (χ0) is 10.6. The summed E-state index contributed by atoms with van der Waals surface area (Å²) in [7, 11) is 0. The maximum absolute atomic E-state index is 9.73. The summed E-state index contributed by atoms with van der Waals surface area (Å²) < 4.78 is 0. The second-order valence-corrected chi connectivity index (χ2v) is 4.93. The predicted molar refractivity (Wildman–Crippen MR) is 58.4 cm³/mol. The van der Waals surface area contributed by atoms with E-state index in [1.54, 1.807) is 0 Å². The molecule has 0 aromatic carbocycles. The average Bonchev–Trinajstić information content (AvgIpc) is 2.67. The highest BCUT2D eigenvalue weighted by atomic mass is 32.1. The Morgan fingerprint density at radius 2 is 2.29 bits per heavy atom. The first kappa shape index (κ1) is 11.7. The van der Waals surface area contributed by atoms with Crippen LogP contribution in [0.5, 0.6) is 0 Å². The van der Waals surface area contributed by atoms with Crippen LogP contribution in [0, 0.1) is 0 Å². The van der Waals surface area contributed by atoms with Crippen molar-refractivity contribution in [1.82, 2.24) is 5.32 Å². The van der Waals surface area contributed by atoms with E-state index in [-0.39, 0.29) is 12.1 Å². The molecule has 0 bridgehead atoms. The van der Waals surface area contributed by atoms with Gasteiger partial charge in [-0.15, -0.1) is 11.3 Å². The molecule has 0 radical (unpaired) electrons. The molecule has 3 N–H and O–H groups in total. The molecule has 1 heterocycles. The summed E-state index contributed by atoms with van der Waals surface area (Å²) in [4.78, 5) is 0.950. The molecule has 3 nitrogen and oxygen atoms in total. The molecular weight excluding hydrogens is 198 g/mol. The number of hydrogen-bond donors (Lipinski definition) is 3. The number of rotatable bonds is 5. The standard InChI is InChI=1S/C10H17NO2S/c1-10(2,7-12)11-6-8(13)9-4-3-5-14-9/h3-5,8,11-13H,6-7H2,1-2H3. The van der Waals surface area contributed by atoms with Crippen LogP contribution in [0.25, 0.3) is 0 Å². The van der Waals surface area contributed by atoms with Crippen LogP contribution >= 0.6 is 11.3 Å². The fraction of sp³-hybridized carbons (Fsp3) is 0.600. The summed E-state index contributed by atoms with van der Waals surface area (Å²) in [6, 6.07) is 3.82. The Kier molecular flexibility index (Phi) is 4.07. The van der Waals surface area contributed by atoms with Crippen LogP contribution in [-0.2, 0) is 0 Å². The van der Waals surface area contributed by atoms with Crippen LogP contribution in [0.3, 0.4) is 0 Å². The average molecular weight is 215 g/mol. The maximum atomic E-state index is 9.73. The number of aliphatic hydroxyl groups is 2.